The van der Waals surface area contributed by atoms with E-state index in [9.17, 15) is 9.90 Å². The Kier molecular flexibility index (Phi) is 4.45. The predicted octanol–water partition coefficient (Wildman–Crippen LogP) is 3.95. The summed E-state index contributed by atoms with van der Waals surface area (Å²) < 4.78 is 1.01. The van der Waals surface area contributed by atoms with Gasteiger partial charge in [0.05, 0.1) is 6.04 Å². The topological polar surface area (TPSA) is 49.3 Å². The van der Waals surface area contributed by atoms with Gasteiger partial charge in [0.25, 0.3) is 5.91 Å². The Morgan fingerprint density at radius 2 is 1.85 bits per heavy atom. The molecule has 0 aromatic heterocycles. The van der Waals surface area contributed by atoms with Crippen LogP contribution in [0.2, 0.25) is 0 Å². The second-order valence-corrected chi connectivity index (χ2v) is 5.66. The van der Waals surface area contributed by atoms with Crippen molar-refractivity contribution in [3.8, 4) is 5.75 Å². The first-order valence-corrected chi connectivity index (χ1v) is 7.12. The molecule has 0 radical (unpaired) electrons. The first kappa shape index (κ1) is 14.6. The van der Waals surface area contributed by atoms with Crippen molar-refractivity contribution in [3.63, 3.8) is 0 Å². The number of carbonyl (C=O) groups is 1. The molecule has 0 aliphatic heterocycles. The lowest BCUT2D eigenvalue weighted by molar-refractivity contribution is 0.0940. The Morgan fingerprint density at radius 3 is 2.45 bits per heavy atom. The lowest BCUT2D eigenvalue weighted by atomic mass is 10.1. The standard InChI is InChI=1S/C16H16BrNO2/c1-10-9-13(5-8-15(10)19)16(20)18-11(2)12-3-6-14(17)7-4-12/h3-9,11,19H,1-2H3,(H,18,20). The summed E-state index contributed by atoms with van der Waals surface area (Å²) in [4.78, 5) is 12.2. The molecule has 2 rings (SSSR count). The number of nitrogens with one attached hydrogen (secondary N) is 1. The van der Waals surface area contributed by atoms with E-state index in [2.05, 4.69) is 21.2 Å². The van der Waals surface area contributed by atoms with Crippen LogP contribution in [0.3, 0.4) is 0 Å². The summed E-state index contributed by atoms with van der Waals surface area (Å²) in [6.07, 6.45) is 0. The summed E-state index contributed by atoms with van der Waals surface area (Å²) in [5, 5.41) is 12.4. The van der Waals surface area contributed by atoms with E-state index < -0.39 is 0 Å². The summed E-state index contributed by atoms with van der Waals surface area (Å²) >= 11 is 3.39. The van der Waals surface area contributed by atoms with E-state index in [1.54, 1.807) is 19.1 Å². The third-order valence-corrected chi connectivity index (χ3v) is 3.71. The van der Waals surface area contributed by atoms with Gasteiger partial charge in [-0.25, -0.2) is 0 Å². The van der Waals surface area contributed by atoms with Gasteiger partial charge < -0.3 is 10.4 Å². The average molecular weight is 334 g/mol. The van der Waals surface area contributed by atoms with Gasteiger partial charge in [0.15, 0.2) is 0 Å². The molecule has 2 aromatic rings. The molecule has 1 atom stereocenters. The molecule has 0 heterocycles. The molecule has 0 bridgehead atoms. The minimum Gasteiger partial charge on any atom is -0.508 e. The third-order valence-electron chi connectivity index (χ3n) is 3.18. The van der Waals surface area contributed by atoms with Crippen molar-refractivity contribution in [1.82, 2.24) is 5.32 Å². The number of benzene rings is 2. The number of hydrogen-bond acceptors (Lipinski definition) is 2. The van der Waals surface area contributed by atoms with E-state index in [1.165, 1.54) is 6.07 Å². The number of rotatable bonds is 3. The molecule has 0 saturated heterocycles. The Bertz CT molecular complexity index is 623. The maximum Gasteiger partial charge on any atom is 0.251 e. The van der Waals surface area contributed by atoms with Gasteiger partial charge in [0, 0.05) is 10.0 Å². The Morgan fingerprint density at radius 1 is 1.20 bits per heavy atom. The van der Waals surface area contributed by atoms with Crippen LogP contribution in [-0.2, 0) is 0 Å². The van der Waals surface area contributed by atoms with Crippen LogP contribution in [0.1, 0.15) is 34.5 Å². The smallest absolute Gasteiger partial charge is 0.251 e. The monoisotopic (exact) mass is 333 g/mol. The second kappa shape index (κ2) is 6.09. The van der Waals surface area contributed by atoms with E-state index >= 15 is 0 Å². The number of aryl methyl sites for hydroxylation is 1. The molecule has 3 nitrogen and oxygen atoms in total. The molecule has 0 aliphatic rings. The normalized spacial score (nSPS) is 11.9. The summed E-state index contributed by atoms with van der Waals surface area (Å²) in [5.41, 5.74) is 2.27. The minimum atomic E-state index is -0.150. The van der Waals surface area contributed by atoms with E-state index in [0.717, 1.165) is 10.0 Å². The molecule has 4 heteroatoms. The van der Waals surface area contributed by atoms with Crippen LogP contribution in [0.15, 0.2) is 46.9 Å². The summed E-state index contributed by atoms with van der Waals surface area (Å²) in [7, 11) is 0. The number of amides is 1. The largest absolute Gasteiger partial charge is 0.508 e. The van der Waals surface area contributed by atoms with Crippen molar-refractivity contribution in [3.05, 3.63) is 63.6 Å². The highest BCUT2D eigenvalue weighted by Gasteiger charge is 2.12. The van der Waals surface area contributed by atoms with Gasteiger partial charge in [-0.15, -0.1) is 0 Å². The summed E-state index contributed by atoms with van der Waals surface area (Å²) in [5.74, 6) is 0.0472. The van der Waals surface area contributed by atoms with Crippen LogP contribution in [0, 0.1) is 6.92 Å². The third kappa shape index (κ3) is 3.39. The fraction of sp³-hybridized carbons (Fsp3) is 0.188. The molecule has 0 spiro atoms. The molecule has 0 aliphatic carbocycles. The van der Waals surface area contributed by atoms with Crippen LogP contribution >= 0.6 is 15.9 Å². The fourth-order valence-corrected chi connectivity index (χ4v) is 2.18. The van der Waals surface area contributed by atoms with Crippen LogP contribution in [-0.4, -0.2) is 11.0 Å². The first-order valence-electron chi connectivity index (χ1n) is 6.33. The molecule has 104 valence electrons. The zero-order valence-electron chi connectivity index (χ0n) is 11.4. The maximum absolute atomic E-state index is 12.2. The fourth-order valence-electron chi connectivity index (χ4n) is 1.91. The number of hydrogen-bond donors (Lipinski definition) is 2. The van der Waals surface area contributed by atoms with Gasteiger partial charge in [0.1, 0.15) is 5.75 Å². The molecular weight excluding hydrogens is 318 g/mol. The average Bonchev–Trinajstić information content (AvgIpc) is 2.42. The highest BCUT2D eigenvalue weighted by atomic mass is 79.9. The first-order chi connectivity index (χ1) is 9.47. The highest BCUT2D eigenvalue weighted by Crippen LogP contribution is 2.19. The SMILES string of the molecule is Cc1cc(C(=O)NC(C)c2ccc(Br)cc2)ccc1O. The van der Waals surface area contributed by atoms with Crippen molar-refractivity contribution in [2.24, 2.45) is 0 Å². The lowest BCUT2D eigenvalue weighted by Gasteiger charge is -2.15. The quantitative estimate of drug-likeness (QED) is 0.893. The van der Waals surface area contributed by atoms with Crippen LogP contribution in [0.25, 0.3) is 0 Å². The van der Waals surface area contributed by atoms with Gasteiger partial charge in [-0.2, -0.15) is 0 Å². The van der Waals surface area contributed by atoms with Gasteiger partial charge in [-0.05, 0) is 55.3 Å². The number of halogens is 1. The van der Waals surface area contributed by atoms with Crippen molar-refractivity contribution >= 4 is 21.8 Å². The van der Waals surface area contributed by atoms with Gasteiger partial charge in [-0.3, -0.25) is 4.79 Å². The van der Waals surface area contributed by atoms with Gasteiger partial charge in [-0.1, -0.05) is 28.1 Å². The Balaban J connectivity index is 2.10. The molecule has 2 N–H and O–H groups in total. The number of phenols is 1. The second-order valence-electron chi connectivity index (χ2n) is 4.75. The summed E-state index contributed by atoms with van der Waals surface area (Å²) in [6, 6.07) is 12.6. The van der Waals surface area contributed by atoms with Crippen LogP contribution < -0.4 is 5.32 Å². The number of carbonyl (C=O) groups excluding carboxylic acids is 1. The molecule has 2 aromatic carbocycles. The van der Waals surface area contributed by atoms with E-state index in [4.69, 9.17) is 0 Å². The molecule has 1 amide bonds. The molecule has 1 unspecified atom stereocenters. The zero-order chi connectivity index (χ0) is 14.7. The zero-order valence-corrected chi connectivity index (χ0v) is 12.9. The lowest BCUT2D eigenvalue weighted by Crippen LogP contribution is -2.26. The molecule has 0 saturated carbocycles. The predicted molar refractivity (Wildman–Crippen MR) is 82.9 cm³/mol. The highest BCUT2D eigenvalue weighted by molar-refractivity contribution is 9.10. The molecule has 0 fully saturated rings. The van der Waals surface area contributed by atoms with E-state index in [1.807, 2.05) is 31.2 Å². The molecule has 20 heavy (non-hydrogen) atoms. The number of aromatic hydroxyl groups is 1. The summed E-state index contributed by atoms with van der Waals surface area (Å²) in [6.45, 7) is 3.71. The van der Waals surface area contributed by atoms with Crippen molar-refractivity contribution < 1.29 is 9.90 Å². The van der Waals surface area contributed by atoms with Crippen molar-refractivity contribution in [2.75, 3.05) is 0 Å². The molecular formula is C16H16BrNO2. The van der Waals surface area contributed by atoms with E-state index in [-0.39, 0.29) is 17.7 Å². The minimum absolute atomic E-state index is 0.0790. The van der Waals surface area contributed by atoms with Crippen LogP contribution in [0.5, 0.6) is 5.75 Å². The van der Waals surface area contributed by atoms with Crippen LogP contribution in [0.4, 0.5) is 0 Å². The maximum atomic E-state index is 12.2. The van der Waals surface area contributed by atoms with Gasteiger partial charge in [0.2, 0.25) is 0 Å². The van der Waals surface area contributed by atoms with E-state index in [0.29, 0.717) is 11.1 Å². The Hall–Kier alpha value is -1.81. The number of phenolic OH excluding ortho intramolecular Hbond substituents is 1. The Labute approximate surface area is 126 Å². The van der Waals surface area contributed by atoms with Crippen molar-refractivity contribution in [1.29, 1.82) is 0 Å². The van der Waals surface area contributed by atoms with Crippen molar-refractivity contribution in [2.45, 2.75) is 19.9 Å². The van der Waals surface area contributed by atoms with Gasteiger partial charge >= 0.3 is 0 Å².